The third-order valence-corrected chi connectivity index (χ3v) is 2.95. The summed E-state index contributed by atoms with van der Waals surface area (Å²) < 4.78 is 30.0. The number of aromatic nitrogens is 2. The Kier molecular flexibility index (Phi) is 5.04. The number of ether oxygens (including phenoxy) is 1. The van der Waals surface area contributed by atoms with Gasteiger partial charge in [-0.15, -0.1) is 0 Å². The second-order valence-electron chi connectivity index (χ2n) is 4.95. The minimum Gasteiger partial charge on any atom is -0.435 e. The van der Waals surface area contributed by atoms with Gasteiger partial charge < -0.3 is 4.74 Å². The average molecular weight is 306 g/mol. The van der Waals surface area contributed by atoms with E-state index >= 15 is 0 Å². The van der Waals surface area contributed by atoms with Gasteiger partial charge in [0.1, 0.15) is 5.75 Å². The molecule has 22 heavy (non-hydrogen) atoms. The normalized spacial score (nSPS) is 11.5. The zero-order valence-corrected chi connectivity index (χ0v) is 12.2. The van der Waals surface area contributed by atoms with Gasteiger partial charge in [-0.05, 0) is 37.6 Å². The molecule has 0 unspecified atom stereocenters. The number of halogens is 2. The van der Waals surface area contributed by atoms with Crippen LogP contribution in [0, 0.1) is 0 Å². The van der Waals surface area contributed by atoms with Crippen LogP contribution in [0.4, 0.5) is 8.78 Å². The third kappa shape index (κ3) is 4.25. The van der Waals surface area contributed by atoms with Crippen LogP contribution in [0.2, 0.25) is 0 Å². The number of benzene rings is 1. The molecule has 0 N–H and O–H groups in total. The van der Waals surface area contributed by atoms with E-state index in [4.69, 9.17) is 0 Å². The van der Waals surface area contributed by atoms with Gasteiger partial charge >= 0.3 is 6.61 Å². The molecule has 0 aliphatic carbocycles. The monoisotopic (exact) mass is 306 g/mol. The van der Waals surface area contributed by atoms with Gasteiger partial charge in [-0.25, -0.2) is 0 Å². The average Bonchev–Trinajstić information content (AvgIpc) is 2.96. The first-order chi connectivity index (χ1) is 10.5. The van der Waals surface area contributed by atoms with Crippen LogP contribution in [0.5, 0.6) is 5.75 Å². The number of allylic oxidation sites excluding steroid dienone is 1. The van der Waals surface area contributed by atoms with Gasteiger partial charge in [-0.1, -0.05) is 18.2 Å². The molecule has 0 spiro atoms. The quantitative estimate of drug-likeness (QED) is 0.599. The van der Waals surface area contributed by atoms with Gasteiger partial charge in [0.15, 0.2) is 5.78 Å². The highest BCUT2D eigenvalue weighted by Crippen LogP contribution is 2.16. The van der Waals surface area contributed by atoms with Crippen molar-refractivity contribution in [2.24, 2.45) is 0 Å². The van der Waals surface area contributed by atoms with E-state index in [1.807, 2.05) is 13.8 Å². The molecule has 2 rings (SSSR count). The Hall–Kier alpha value is -2.50. The summed E-state index contributed by atoms with van der Waals surface area (Å²) in [5, 5.41) is 4.11. The summed E-state index contributed by atoms with van der Waals surface area (Å²) in [5.41, 5.74) is 1.22. The minimum absolute atomic E-state index is 0.0803. The van der Waals surface area contributed by atoms with Gasteiger partial charge in [0.05, 0.1) is 11.8 Å². The SMILES string of the molecule is CC(C)n1cc(C(=O)/C=C/c2ccc(OC(F)F)cc2)cn1. The van der Waals surface area contributed by atoms with Crippen molar-refractivity contribution in [3.05, 3.63) is 53.9 Å². The lowest BCUT2D eigenvalue weighted by Crippen LogP contribution is -2.01. The molecule has 1 heterocycles. The number of carbonyl (C=O) groups is 1. The van der Waals surface area contributed by atoms with Crippen LogP contribution in [0.3, 0.4) is 0 Å². The molecule has 116 valence electrons. The van der Waals surface area contributed by atoms with E-state index in [1.165, 1.54) is 24.4 Å². The summed E-state index contributed by atoms with van der Waals surface area (Å²) >= 11 is 0. The Labute approximate surface area is 127 Å². The number of hydrogen-bond acceptors (Lipinski definition) is 3. The summed E-state index contributed by atoms with van der Waals surface area (Å²) in [6, 6.07) is 6.23. The first kappa shape index (κ1) is 15.9. The number of hydrogen-bond donors (Lipinski definition) is 0. The van der Waals surface area contributed by atoms with Gasteiger partial charge in [-0.2, -0.15) is 13.9 Å². The molecule has 0 saturated heterocycles. The maximum atomic E-state index is 12.0. The highest BCUT2D eigenvalue weighted by molar-refractivity contribution is 6.06. The van der Waals surface area contributed by atoms with Crippen LogP contribution in [-0.4, -0.2) is 22.2 Å². The zero-order valence-electron chi connectivity index (χ0n) is 12.2. The maximum Gasteiger partial charge on any atom is 0.387 e. The van der Waals surface area contributed by atoms with Crippen molar-refractivity contribution in [3.8, 4) is 5.75 Å². The number of nitrogens with zero attached hydrogens (tertiary/aromatic N) is 2. The lowest BCUT2D eigenvalue weighted by Gasteiger charge is -2.03. The van der Waals surface area contributed by atoms with Gasteiger partial charge in [-0.3, -0.25) is 9.48 Å². The fourth-order valence-corrected chi connectivity index (χ4v) is 1.78. The van der Waals surface area contributed by atoms with E-state index in [9.17, 15) is 13.6 Å². The largest absolute Gasteiger partial charge is 0.435 e. The molecule has 0 aliphatic rings. The van der Waals surface area contributed by atoms with Crippen molar-refractivity contribution < 1.29 is 18.3 Å². The van der Waals surface area contributed by atoms with Crippen LogP contribution < -0.4 is 4.74 Å². The van der Waals surface area contributed by atoms with E-state index in [-0.39, 0.29) is 17.6 Å². The Bertz CT molecular complexity index is 661. The van der Waals surface area contributed by atoms with Crippen molar-refractivity contribution in [2.45, 2.75) is 26.5 Å². The molecule has 2 aromatic rings. The van der Waals surface area contributed by atoms with Crippen LogP contribution in [-0.2, 0) is 0 Å². The molecule has 0 aliphatic heterocycles. The lowest BCUT2D eigenvalue weighted by atomic mass is 10.1. The molecule has 6 heteroatoms. The first-order valence-corrected chi connectivity index (χ1v) is 6.77. The number of alkyl halides is 2. The molecular formula is C16H16F2N2O2. The Morgan fingerprint density at radius 3 is 2.50 bits per heavy atom. The van der Waals surface area contributed by atoms with E-state index < -0.39 is 6.61 Å². The van der Waals surface area contributed by atoms with E-state index in [0.717, 1.165) is 0 Å². The van der Waals surface area contributed by atoms with Gasteiger partial charge in [0.25, 0.3) is 0 Å². The standard InChI is InChI=1S/C16H16F2N2O2/c1-11(2)20-10-13(9-19-20)15(21)8-5-12-3-6-14(7-4-12)22-16(17)18/h3-11,16H,1-2H3/b8-5+. The van der Waals surface area contributed by atoms with E-state index in [0.29, 0.717) is 11.1 Å². The minimum atomic E-state index is -2.85. The second-order valence-corrected chi connectivity index (χ2v) is 4.95. The molecule has 0 fully saturated rings. The first-order valence-electron chi connectivity index (χ1n) is 6.77. The Morgan fingerprint density at radius 2 is 1.95 bits per heavy atom. The van der Waals surface area contributed by atoms with Crippen molar-refractivity contribution in [1.29, 1.82) is 0 Å². The van der Waals surface area contributed by atoms with Crippen LogP contribution >= 0.6 is 0 Å². The molecule has 1 aromatic heterocycles. The lowest BCUT2D eigenvalue weighted by molar-refractivity contribution is -0.0498. The second kappa shape index (κ2) is 6.98. The van der Waals surface area contributed by atoms with Crippen LogP contribution in [0.1, 0.15) is 35.8 Å². The van der Waals surface area contributed by atoms with Crippen LogP contribution in [0.25, 0.3) is 6.08 Å². The topological polar surface area (TPSA) is 44.1 Å². The number of carbonyl (C=O) groups excluding carboxylic acids is 1. The summed E-state index contributed by atoms with van der Waals surface area (Å²) in [6.07, 6.45) is 6.25. The van der Waals surface area contributed by atoms with Crippen molar-refractivity contribution in [1.82, 2.24) is 9.78 Å². The smallest absolute Gasteiger partial charge is 0.387 e. The fraction of sp³-hybridized carbons (Fsp3) is 0.250. The highest BCUT2D eigenvalue weighted by atomic mass is 19.3. The number of ketones is 1. The maximum absolute atomic E-state index is 12.0. The highest BCUT2D eigenvalue weighted by Gasteiger charge is 2.07. The molecule has 0 saturated carbocycles. The summed E-state index contributed by atoms with van der Waals surface area (Å²) in [5.74, 6) is -0.0866. The molecule has 0 bridgehead atoms. The summed E-state index contributed by atoms with van der Waals surface area (Å²) in [7, 11) is 0. The Balaban J connectivity index is 2.02. The Morgan fingerprint density at radius 1 is 1.27 bits per heavy atom. The van der Waals surface area contributed by atoms with E-state index in [1.54, 1.807) is 29.1 Å². The zero-order chi connectivity index (χ0) is 16.1. The van der Waals surface area contributed by atoms with Crippen molar-refractivity contribution in [3.63, 3.8) is 0 Å². The van der Waals surface area contributed by atoms with Crippen molar-refractivity contribution in [2.75, 3.05) is 0 Å². The third-order valence-electron chi connectivity index (χ3n) is 2.95. The molecule has 4 nitrogen and oxygen atoms in total. The molecular weight excluding hydrogens is 290 g/mol. The molecule has 0 atom stereocenters. The molecule has 0 radical (unpaired) electrons. The predicted octanol–water partition coefficient (Wildman–Crippen LogP) is 3.96. The van der Waals surface area contributed by atoms with E-state index in [2.05, 4.69) is 9.84 Å². The van der Waals surface area contributed by atoms with Gasteiger partial charge in [0, 0.05) is 12.2 Å². The van der Waals surface area contributed by atoms with Crippen LogP contribution in [0.15, 0.2) is 42.7 Å². The fourth-order valence-electron chi connectivity index (χ4n) is 1.78. The molecule has 1 aromatic carbocycles. The predicted molar refractivity (Wildman–Crippen MR) is 79.1 cm³/mol. The summed E-state index contributed by atoms with van der Waals surface area (Å²) in [6.45, 7) is 1.10. The number of rotatable bonds is 6. The molecule has 0 amide bonds. The van der Waals surface area contributed by atoms with Gasteiger partial charge in [0.2, 0.25) is 0 Å². The summed E-state index contributed by atoms with van der Waals surface area (Å²) in [4.78, 5) is 12.0. The van der Waals surface area contributed by atoms with Crippen molar-refractivity contribution >= 4 is 11.9 Å².